The van der Waals surface area contributed by atoms with E-state index in [1.165, 1.54) is 7.11 Å². The molecular formula is C32H40N2O6. The van der Waals surface area contributed by atoms with Gasteiger partial charge in [-0.05, 0) is 93.5 Å². The molecule has 3 rings (SSSR count). The molecule has 8 heteroatoms. The number of alkyl carbamates (subject to hydrolysis) is 1. The fourth-order valence-corrected chi connectivity index (χ4v) is 4.26. The van der Waals surface area contributed by atoms with Crippen LogP contribution in [-0.4, -0.2) is 42.5 Å². The van der Waals surface area contributed by atoms with Crippen molar-refractivity contribution >= 4 is 17.7 Å². The van der Waals surface area contributed by atoms with Crippen molar-refractivity contribution in [3.8, 4) is 16.9 Å². The van der Waals surface area contributed by atoms with Gasteiger partial charge in [-0.15, -0.1) is 0 Å². The van der Waals surface area contributed by atoms with Crippen LogP contribution in [0, 0.1) is 0 Å². The molecule has 1 atom stereocenters. The molecule has 0 saturated heterocycles. The zero-order valence-electron chi connectivity index (χ0n) is 23.9. The number of ether oxygens (including phenoxy) is 3. The quantitative estimate of drug-likeness (QED) is 0.186. The number of benzene rings is 3. The number of methoxy groups -OCH3 is 1. The van der Waals surface area contributed by atoms with Crippen molar-refractivity contribution in [3.05, 3.63) is 83.4 Å². The first-order chi connectivity index (χ1) is 19.0. The summed E-state index contributed by atoms with van der Waals surface area (Å²) >= 11 is 0. The first-order valence-corrected chi connectivity index (χ1v) is 13.5. The van der Waals surface area contributed by atoms with E-state index in [1.54, 1.807) is 24.3 Å². The van der Waals surface area contributed by atoms with Gasteiger partial charge in [-0.2, -0.15) is 0 Å². The fourth-order valence-electron chi connectivity index (χ4n) is 4.26. The van der Waals surface area contributed by atoms with Crippen LogP contribution in [0.2, 0.25) is 0 Å². The van der Waals surface area contributed by atoms with Crippen LogP contribution in [0.4, 0.5) is 10.5 Å². The largest absolute Gasteiger partial charge is 0.490 e. The van der Waals surface area contributed by atoms with Gasteiger partial charge in [0, 0.05) is 12.2 Å². The third-order valence-electron chi connectivity index (χ3n) is 6.40. The predicted octanol–water partition coefficient (Wildman–Crippen LogP) is 6.07. The molecule has 8 nitrogen and oxygen atoms in total. The third-order valence-corrected chi connectivity index (χ3v) is 6.40. The average Bonchev–Trinajstić information content (AvgIpc) is 2.91. The van der Waals surface area contributed by atoms with Gasteiger partial charge < -0.3 is 30.4 Å². The third kappa shape index (κ3) is 9.02. The van der Waals surface area contributed by atoms with E-state index in [2.05, 4.69) is 5.32 Å². The summed E-state index contributed by atoms with van der Waals surface area (Å²) in [6.45, 7) is 7.88. The van der Waals surface area contributed by atoms with E-state index in [0.717, 1.165) is 22.3 Å². The number of nitrogen functional groups attached to an aromatic ring is 1. The lowest BCUT2D eigenvalue weighted by molar-refractivity contribution is 0.0202. The predicted molar refractivity (Wildman–Crippen MR) is 156 cm³/mol. The number of hydrogen-bond donors (Lipinski definition) is 3. The van der Waals surface area contributed by atoms with Crippen LogP contribution in [0.15, 0.2) is 66.7 Å². The van der Waals surface area contributed by atoms with E-state index in [0.29, 0.717) is 42.8 Å². The Morgan fingerprint density at radius 3 is 2.35 bits per heavy atom. The molecule has 0 aliphatic heterocycles. The highest BCUT2D eigenvalue weighted by Gasteiger charge is 2.24. The molecule has 0 aliphatic carbocycles. The second kappa shape index (κ2) is 13.8. The number of rotatable bonds is 12. The maximum absolute atomic E-state index is 12.4. The molecule has 40 heavy (non-hydrogen) atoms. The van der Waals surface area contributed by atoms with Gasteiger partial charge in [-0.25, -0.2) is 9.59 Å². The first kappa shape index (κ1) is 30.5. The van der Waals surface area contributed by atoms with Gasteiger partial charge in [-0.1, -0.05) is 42.5 Å². The van der Waals surface area contributed by atoms with Crippen molar-refractivity contribution in [2.75, 3.05) is 19.4 Å². The zero-order valence-corrected chi connectivity index (χ0v) is 23.9. The number of carbonyl (C=O) groups excluding carboxylic acids is 2. The molecular weight excluding hydrogens is 508 g/mol. The Bertz CT molecular complexity index is 1290. The molecule has 0 aromatic heterocycles. The van der Waals surface area contributed by atoms with E-state index < -0.39 is 23.8 Å². The van der Waals surface area contributed by atoms with Gasteiger partial charge in [-0.3, -0.25) is 0 Å². The molecule has 0 aliphatic rings. The van der Waals surface area contributed by atoms with Crippen LogP contribution in [-0.2, 0) is 15.9 Å². The molecule has 0 saturated carbocycles. The van der Waals surface area contributed by atoms with E-state index in [-0.39, 0.29) is 6.10 Å². The Morgan fingerprint density at radius 1 is 1.00 bits per heavy atom. The number of nitrogens with two attached hydrogens (primary N) is 1. The van der Waals surface area contributed by atoms with Crippen molar-refractivity contribution in [3.63, 3.8) is 0 Å². The SMILES string of the molecule is COC(=O)c1ccc(-c2ccc(CCNC(=O)OC(C)(C)CC[C@@H](O)c3cccc(N)c3)cc2)cc1OC(C)C. The van der Waals surface area contributed by atoms with E-state index in [1.807, 2.05) is 70.2 Å². The molecule has 214 valence electrons. The molecule has 3 aromatic carbocycles. The molecule has 0 heterocycles. The molecule has 0 unspecified atom stereocenters. The minimum Gasteiger partial charge on any atom is -0.490 e. The smallest absolute Gasteiger partial charge is 0.407 e. The summed E-state index contributed by atoms with van der Waals surface area (Å²) in [6, 6.07) is 20.6. The Labute approximate surface area is 236 Å². The summed E-state index contributed by atoms with van der Waals surface area (Å²) in [7, 11) is 1.35. The average molecular weight is 549 g/mol. The highest BCUT2D eigenvalue weighted by Crippen LogP contribution is 2.29. The molecule has 0 fully saturated rings. The van der Waals surface area contributed by atoms with Gasteiger partial charge in [0.25, 0.3) is 0 Å². The van der Waals surface area contributed by atoms with Crippen molar-refractivity contribution in [1.82, 2.24) is 5.32 Å². The second-order valence-electron chi connectivity index (χ2n) is 10.6. The minimum atomic E-state index is -0.741. The normalized spacial score (nSPS) is 12.1. The summed E-state index contributed by atoms with van der Waals surface area (Å²) in [6.07, 6.45) is 0.287. The Kier molecular flexibility index (Phi) is 10.6. The number of amides is 1. The fraction of sp³-hybridized carbons (Fsp3) is 0.375. The lowest BCUT2D eigenvalue weighted by atomic mass is 9.96. The number of carbonyl (C=O) groups is 2. The molecule has 0 bridgehead atoms. The maximum Gasteiger partial charge on any atom is 0.407 e. The van der Waals surface area contributed by atoms with Crippen LogP contribution in [0.5, 0.6) is 5.75 Å². The van der Waals surface area contributed by atoms with E-state index in [4.69, 9.17) is 19.9 Å². The number of anilines is 1. The van der Waals surface area contributed by atoms with Crippen LogP contribution in [0.25, 0.3) is 11.1 Å². The highest BCUT2D eigenvalue weighted by atomic mass is 16.6. The Balaban J connectivity index is 1.50. The van der Waals surface area contributed by atoms with Gasteiger partial charge in [0.15, 0.2) is 0 Å². The maximum atomic E-state index is 12.4. The van der Waals surface area contributed by atoms with Gasteiger partial charge in [0.2, 0.25) is 0 Å². The molecule has 0 radical (unpaired) electrons. The van der Waals surface area contributed by atoms with Crippen LogP contribution in [0.3, 0.4) is 0 Å². The lowest BCUT2D eigenvalue weighted by Gasteiger charge is -2.26. The zero-order chi connectivity index (χ0) is 29.3. The Morgan fingerprint density at radius 2 is 1.70 bits per heavy atom. The van der Waals surface area contributed by atoms with Crippen molar-refractivity contribution < 1.29 is 28.9 Å². The summed E-state index contributed by atoms with van der Waals surface area (Å²) in [5.41, 5.74) is 9.73. The monoisotopic (exact) mass is 548 g/mol. The van der Waals surface area contributed by atoms with Crippen LogP contribution in [0.1, 0.15) is 68.1 Å². The first-order valence-electron chi connectivity index (χ1n) is 13.5. The summed E-state index contributed by atoms with van der Waals surface area (Å²) in [5.74, 6) is 0.0377. The molecule has 0 spiro atoms. The second-order valence-corrected chi connectivity index (χ2v) is 10.6. The number of esters is 1. The standard InChI is InChI=1S/C32H40N2O6/c1-21(2)39-29-20-24(13-14-27(29)30(36)38-5)23-11-9-22(10-12-23)16-18-34-31(37)40-32(3,4)17-15-28(35)25-7-6-8-26(33)19-25/h6-14,19-21,28,35H,15-18,33H2,1-5H3,(H,34,37)/t28-/m1/s1. The number of aliphatic hydroxyl groups is 1. The van der Waals surface area contributed by atoms with Crippen molar-refractivity contribution in [2.24, 2.45) is 0 Å². The van der Waals surface area contributed by atoms with Crippen LogP contribution >= 0.6 is 0 Å². The molecule has 3 aromatic rings. The summed E-state index contributed by atoms with van der Waals surface area (Å²) in [4.78, 5) is 24.5. The number of nitrogens with one attached hydrogen (secondary N) is 1. The summed E-state index contributed by atoms with van der Waals surface area (Å²) in [5, 5.41) is 13.3. The van der Waals surface area contributed by atoms with Gasteiger partial charge >= 0.3 is 12.1 Å². The number of aliphatic hydroxyl groups excluding tert-OH is 1. The van der Waals surface area contributed by atoms with Gasteiger partial charge in [0.05, 0.1) is 19.3 Å². The minimum absolute atomic E-state index is 0.0912. The van der Waals surface area contributed by atoms with E-state index >= 15 is 0 Å². The van der Waals surface area contributed by atoms with Crippen molar-refractivity contribution in [1.29, 1.82) is 0 Å². The van der Waals surface area contributed by atoms with Gasteiger partial charge in [0.1, 0.15) is 16.9 Å². The molecule has 1 amide bonds. The molecule has 4 N–H and O–H groups in total. The topological polar surface area (TPSA) is 120 Å². The lowest BCUT2D eigenvalue weighted by Crippen LogP contribution is -2.35. The van der Waals surface area contributed by atoms with Crippen LogP contribution < -0.4 is 15.8 Å². The Hall–Kier alpha value is -4.04. The van der Waals surface area contributed by atoms with E-state index in [9.17, 15) is 14.7 Å². The summed E-state index contributed by atoms with van der Waals surface area (Å²) < 4.78 is 16.3. The highest BCUT2D eigenvalue weighted by molar-refractivity contribution is 5.93. The van der Waals surface area contributed by atoms with Crippen molar-refractivity contribution in [2.45, 2.75) is 64.8 Å². The number of hydrogen-bond acceptors (Lipinski definition) is 7.